The Labute approximate surface area is 115 Å². The molecule has 0 heterocycles. The van der Waals surface area contributed by atoms with Crippen molar-refractivity contribution in [3.05, 3.63) is 0 Å². The second kappa shape index (κ2) is 8.00. The Kier molecular flexibility index (Phi) is 8.34. The Morgan fingerprint density at radius 2 is 1.06 bits per heavy atom. The van der Waals surface area contributed by atoms with Crippen molar-refractivity contribution in [3.8, 4) is 0 Å². The van der Waals surface area contributed by atoms with Crippen LogP contribution in [0.5, 0.6) is 0 Å². The van der Waals surface area contributed by atoms with E-state index in [0.717, 1.165) is 0 Å². The molecule has 0 unspecified atom stereocenters. The van der Waals surface area contributed by atoms with Gasteiger partial charge in [-0.1, -0.05) is 0 Å². The first-order valence-electron chi connectivity index (χ1n) is 7.65. The van der Waals surface area contributed by atoms with E-state index in [-0.39, 0.29) is 0 Å². The minimum absolute atomic E-state index is 0.701. The molecular weight excluding hydrogens is 247 g/mol. The summed E-state index contributed by atoms with van der Waals surface area (Å²) in [4.78, 5) is 0. The van der Waals surface area contributed by atoms with Crippen molar-refractivity contribution in [1.82, 2.24) is 0 Å². The summed E-state index contributed by atoms with van der Waals surface area (Å²) in [7, 11) is 0. The topological polar surface area (TPSA) is 0 Å². The second-order valence-electron chi connectivity index (χ2n) is 6.00. The molecule has 0 rings (SSSR count). The Balaban J connectivity index is 4.91. The molecule has 0 aromatic rings. The van der Waals surface area contributed by atoms with Crippen LogP contribution in [0.2, 0.25) is 0 Å². The summed E-state index contributed by atoms with van der Waals surface area (Å²) < 4.78 is 0. The van der Waals surface area contributed by atoms with Gasteiger partial charge in [-0.25, -0.2) is 0 Å². The molecular formula is C15H34ClP. The number of hydrogen-bond acceptors (Lipinski definition) is 0. The van der Waals surface area contributed by atoms with Crippen molar-refractivity contribution in [2.24, 2.45) is 0 Å². The van der Waals surface area contributed by atoms with Crippen molar-refractivity contribution in [1.29, 1.82) is 0 Å². The number of unbranched alkanes of at least 4 members (excludes halogenated alkanes) is 3. The molecule has 0 bridgehead atoms. The first-order valence-corrected chi connectivity index (χ1v) is 11.4. The molecule has 0 spiro atoms. The van der Waals surface area contributed by atoms with E-state index in [0.29, 0.717) is 5.66 Å². The first-order chi connectivity index (χ1) is 7.93. The van der Waals surface area contributed by atoms with Gasteiger partial charge in [0.15, 0.2) is 0 Å². The van der Waals surface area contributed by atoms with Gasteiger partial charge in [0.1, 0.15) is 0 Å². The average molecular weight is 281 g/mol. The predicted molar refractivity (Wildman–Crippen MR) is 87.2 cm³/mol. The zero-order valence-electron chi connectivity index (χ0n) is 12.8. The summed E-state index contributed by atoms with van der Waals surface area (Å²) >= 11 is 7.40. The third-order valence-electron chi connectivity index (χ3n) is 4.42. The monoisotopic (exact) mass is 280 g/mol. The Hall–Kier alpha value is 0.720. The van der Waals surface area contributed by atoms with Gasteiger partial charge in [0.25, 0.3) is 0 Å². The Bertz CT molecular complexity index is 177. The van der Waals surface area contributed by atoms with Crippen molar-refractivity contribution in [3.63, 3.8) is 0 Å². The van der Waals surface area contributed by atoms with Crippen LogP contribution < -0.4 is 0 Å². The van der Waals surface area contributed by atoms with E-state index in [1.807, 2.05) is 0 Å². The molecule has 0 aliphatic heterocycles. The second-order valence-corrected chi connectivity index (χ2v) is 14.5. The van der Waals surface area contributed by atoms with Crippen LogP contribution in [-0.2, 0) is 0 Å². The Morgan fingerprint density at radius 1 is 0.765 bits per heavy atom. The van der Waals surface area contributed by atoms with E-state index in [4.69, 9.17) is 11.2 Å². The van der Waals surface area contributed by atoms with Crippen LogP contribution in [0, 0.1) is 0 Å². The van der Waals surface area contributed by atoms with Crippen LogP contribution >= 0.6 is 17.2 Å². The fourth-order valence-electron chi connectivity index (χ4n) is 2.71. The van der Waals surface area contributed by atoms with E-state index in [1.165, 1.54) is 57.0 Å². The van der Waals surface area contributed by atoms with E-state index in [1.54, 1.807) is 0 Å². The molecule has 0 aliphatic carbocycles. The zero-order chi connectivity index (χ0) is 13.4. The standard InChI is InChI=1S/C15H34ClP/c1-6-9-12-17(16,15(4)5,13-10-7-2)14-11-8-3/h15H,6-14H2,1-5H3. The molecule has 0 radical (unpaired) electrons. The fraction of sp³-hybridized carbons (Fsp3) is 1.00. The van der Waals surface area contributed by atoms with Crippen LogP contribution in [0.25, 0.3) is 0 Å². The molecule has 106 valence electrons. The molecule has 17 heavy (non-hydrogen) atoms. The average Bonchev–Trinajstić information content (AvgIpc) is 2.32. The molecule has 0 aliphatic rings. The maximum atomic E-state index is 7.40. The third kappa shape index (κ3) is 5.07. The van der Waals surface area contributed by atoms with Gasteiger partial charge in [-0.05, 0) is 0 Å². The van der Waals surface area contributed by atoms with E-state index >= 15 is 0 Å². The summed E-state index contributed by atoms with van der Waals surface area (Å²) in [6.07, 6.45) is 11.8. The molecule has 0 saturated carbocycles. The predicted octanol–water partition coefficient (Wildman–Crippen LogP) is 6.50. The van der Waals surface area contributed by atoms with Gasteiger partial charge in [0.2, 0.25) is 0 Å². The van der Waals surface area contributed by atoms with Gasteiger partial charge in [0.05, 0.1) is 0 Å². The number of rotatable bonds is 10. The summed E-state index contributed by atoms with van der Waals surface area (Å²) in [5, 5.41) is 0. The number of halogens is 1. The molecule has 0 aromatic carbocycles. The summed E-state index contributed by atoms with van der Waals surface area (Å²) in [5.74, 6) is -1.95. The molecule has 0 atom stereocenters. The summed E-state index contributed by atoms with van der Waals surface area (Å²) in [6, 6.07) is 0. The molecule has 0 saturated heterocycles. The van der Waals surface area contributed by atoms with Gasteiger partial charge < -0.3 is 0 Å². The quantitative estimate of drug-likeness (QED) is 0.401. The van der Waals surface area contributed by atoms with Crippen LogP contribution in [0.4, 0.5) is 0 Å². The van der Waals surface area contributed by atoms with Gasteiger partial charge in [-0.3, -0.25) is 0 Å². The van der Waals surface area contributed by atoms with Gasteiger partial charge >= 0.3 is 114 Å². The van der Waals surface area contributed by atoms with Crippen LogP contribution in [0.15, 0.2) is 0 Å². The van der Waals surface area contributed by atoms with Crippen molar-refractivity contribution >= 4 is 17.2 Å². The van der Waals surface area contributed by atoms with Crippen molar-refractivity contribution in [2.45, 2.75) is 78.8 Å². The zero-order valence-corrected chi connectivity index (χ0v) is 14.4. The molecule has 2 heteroatoms. The van der Waals surface area contributed by atoms with E-state index < -0.39 is 5.96 Å². The first kappa shape index (κ1) is 17.7. The van der Waals surface area contributed by atoms with E-state index in [9.17, 15) is 0 Å². The van der Waals surface area contributed by atoms with E-state index in [2.05, 4.69) is 34.6 Å². The van der Waals surface area contributed by atoms with Crippen LogP contribution in [-0.4, -0.2) is 24.1 Å². The Morgan fingerprint density at radius 3 is 1.24 bits per heavy atom. The fourth-order valence-corrected chi connectivity index (χ4v) is 9.20. The molecule has 0 amide bonds. The van der Waals surface area contributed by atoms with Gasteiger partial charge in [-0.2, -0.15) is 0 Å². The third-order valence-corrected chi connectivity index (χ3v) is 13.8. The molecule has 0 N–H and O–H groups in total. The van der Waals surface area contributed by atoms with Crippen LogP contribution in [0.1, 0.15) is 73.1 Å². The van der Waals surface area contributed by atoms with Crippen LogP contribution in [0.3, 0.4) is 0 Å². The molecule has 0 aromatic heterocycles. The molecule has 0 fully saturated rings. The van der Waals surface area contributed by atoms with Crippen molar-refractivity contribution < 1.29 is 0 Å². The normalized spacial score (nSPS) is 14.9. The van der Waals surface area contributed by atoms with Gasteiger partial charge in [0, 0.05) is 0 Å². The molecule has 0 nitrogen and oxygen atoms in total. The summed E-state index contributed by atoms with van der Waals surface area (Å²) in [6.45, 7) is 11.6. The SMILES string of the molecule is CCCCP(Cl)(CCCC)(CCCC)C(C)C. The van der Waals surface area contributed by atoms with Crippen molar-refractivity contribution in [2.75, 3.05) is 18.5 Å². The van der Waals surface area contributed by atoms with Gasteiger partial charge in [-0.15, -0.1) is 0 Å². The minimum atomic E-state index is -1.95. The summed E-state index contributed by atoms with van der Waals surface area (Å²) in [5.41, 5.74) is 0.701. The maximum absolute atomic E-state index is 7.40. The number of hydrogen-bond donors (Lipinski definition) is 0.